The number of carbonyl (C=O) groups is 1. The normalized spacial score (nSPS) is 18.0. The van der Waals surface area contributed by atoms with Crippen molar-refractivity contribution in [1.29, 1.82) is 5.26 Å². The number of ether oxygens (including phenoxy) is 1. The van der Waals surface area contributed by atoms with Crippen LogP contribution in [0, 0.1) is 11.3 Å². The number of hydrogen-bond acceptors (Lipinski definition) is 5. The highest BCUT2D eigenvalue weighted by Crippen LogP contribution is 2.48. The number of hydrogen-bond donors (Lipinski definition) is 1. The third-order valence-electron chi connectivity index (χ3n) is 5.59. The third-order valence-corrected chi connectivity index (χ3v) is 6.92. The molecule has 0 spiro atoms. The largest absolute Gasteiger partial charge is 0.463 e. The lowest BCUT2D eigenvalue weighted by Gasteiger charge is -2.31. The maximum atomic E-state index is 12.9. The van der Waals surface area contributed by atoms with Crippen molar-refractivity contribution in [3.63, 3.8) is 0 Å². The minimum absolute atomic E-state index is 0.287. The van der Waals surface area contributed by atoms with Gasteiger partial charge in [0.2, 0.25) is 0 Å². The Labute approximate surface area is 187 Å². The van der Waals surface area contributed by atoms with Crippen LogP contribution in [0.3, 0.4) is 0 Å². The molecular formula is C26H24N2O2S. The van der Waals surface area contributed by atoms with Crippen LogP contribution in [-0.4, -0.2) is 12.6 Å². The van der Waals surface area contributed by atoms with Gasteiger partial charge in [-0.2, -0.15) is 5.26 Å². The number of nitrogens with zero attached hydrogens (tertiary/aromatic N) is 1. The molecule has 2 aromatic rings. The van der Waals surface area contributed by atoms with E-state index in [-0.39, 0.29) is 12.6 Å². The smallest absolute Gasteiger partial charge is 0.336 e. The first-order valence-corrected chi connectivity index (χ1v) is 11.2. The molecule has 2 aromatic carbocycles. The van der Waals surface area contributed by atoms with Crippen LogP contribution in [0.5, 0.6) is 0 Å². The topological polar surface area (TPSA) is 62.1 Å². The standard InChI is InChI=1S/C26H24N2O2S/c1-4-30-26(29)23-17(3)28-16(2)21(15-27)24(23)20-12-8-11-19-13-14-22(31-25(19)20)18-9-6-5-7-10-18/h5-12,14,24,28H,4,13H2,1-3H3. The molecule has 31 heavy (non-hydrogen) atoms. The molecule has 0 saturated heterocycles. The Balaban J connectivity index is 1.85. The van der Waals surface area contributed by atoms with Gasteiger partial charge >= 0.3 is 5.97 Å². The molecule has 1 unspecified atom stereocenters. The second-order valence-electron chi connectivity index (χ2n) is 7.54. The van der Waals surface area contributed by atoms with Crippen LogP contribution in [0.15, 0.2) is 82.0 Å². The number of dihydropyridines is 1. The maximum Gasteiger partial charge on any atom is 0.336 e. The average molecular weight is 429 g/mol. The Morgan fingerprint density at radius 2 is 1.94 bits per heavy atom. The Hall–Kier alpha value is -3.23. The van der Waals surface area contributed by atoms with Crippen molar-refractivity contribution >= 4 is 22.6 Å². The molecule has 2 heterocycles. The number of allylic oxidation sites excluding steroid dienone is 4. The Kier molecular flexibility index (Phi) is 6.01. The highest BCUT2D eigenvalue weighted by molar-refractivity contribution is 8.08. The van der Waals surface area contributed by atoms with Crippen molar-refractivity contribution in [1.82, 2.24) is 5.32 Å². The van der Waals surface area contributed by atoms with E-state index in [0.29, 0.717) is 11.1 Å². The van der Waals surface area contributed by atoms with Crippen molar-refractivity contribution < 1.29 is 9.53 Å². The first-order chi connectivity index (χ1) is 15.0. The fraction of sp³-hybridized carbons (Fsp3) is 0.231. The van der Waals surface area contributed by atoms with Gasteiger partial charge in [0, 0.05) is 21.2 Å². The van der Waals surface area contributed by atoms with E-state index in [0.717, 1.165) is 28.3 Å². The summed E-state index contributed by atoms with van der Waals surface area (Å²) in [5.74, 6) is -0.835. The summed E-state index contributed by atoms with van der Waals surface area (Å²) in [4.78, 5) is 15.2. The summed E-state index contributed by atoms with van der Waals surface area (Å²) in [6.45, 7) is 5.83. The van der Waals surface area contributed by atoms with Crippen LogP contribution < -0.4 is 5.32 Å². The summed E-state index contributed by atoms with van der Waals surface area (Å²) < 4.78 is 5.38. The number of esters is 1. The van der Waals surface area contributed by atoms with Crippen LogP contribution in [0.2, 0.25) is 0 Å². The van der Waals surface area contributed by atoms with Crippen molar-refractivity contribution in [2.75, 3.05) is 6.61 Å². The van der Waals surface area contributed by atoms with E-state index >= 15 is 0 Å². The summed E-state index contributed by atoms with van der Waals surface area (Å²) in [7, 11) is 0. The van der Waals surface area contributed by atoms with Crippen LogP contribution in [-0.2, 0) is 16.0 Å². The predicted octanol–water partition coefficient (Wildman–Crippen LogP) is 5.70. The lowest BCUT2D eigenvalue weighted by Crippen LogP contribution is -2.29. The summed E-state index contributed by atoms with van der Waals surface area (Å²) in [5.41, 5.74) is 5.92. The second-order valence-corrected chi connectivity index (χ2v) is 8.60. The predicted molar refractivity (Wildman–Crippen MR) is 124 cm³/mol. The lowest BCUT2D eigenvalue weighted by atomic mass is 9.80. The number of thioether (sulfide) groups is 1. The summed E-state index contributed by atoms with van der Waals surface area (Å²) >= 11 is 1.71. The van der Waals surface area contributed by atoms with Gasteiger partial charge in [0.05, 0.1) is 29.7 Å². The van der Waals surface area contributed by atoms with E-state index in [2.05, 4.69) is 35.7 Å². The molecule has 156 valence electrons. The van der Waals surface area contributed by atoms with Crippen molar-refractivity contribution in [3.8, 4) is 6.07 Å². The first-order valence-electron chi connectivity index (χ1n) is 10.4. The van der Waals surface area contributed by atoms with E-state index in [1.165, 1.54) is 16.0 Å². The van der Waals surface area contributed by atoms with Crippen LogP contribution in [0.25, 0.3) is 4.91 Å². The lowest BCUT2D eigenvalue weighted by molar-refractivity contribution is -0.138. The molecule has 0 aromatic heterocycles. The van der Waals surface area contributed by atoms with Gasteiger partial charge in [-0.05, 0) is 43.9 Å². The van der Waals surface area contributed by atoms with Crippen LogP contribution in [0.4, 0.5) is 0 Å². The maximum absolute atomic E-state index is 12.9. The van der Waals surface area contributed by atoms with Crippen molar-refractivity contribution in [2.24, 2.45) is 0 Å². The highest BCUT2D eigenvalue weighted by atomic mass is 32.2. The fourth-order valence-electron chi connectivity index (χ4n) is 4.18. The van der Waals surface area contributed by atoms with E-state index in [1.54, 1.807) is 18.7 Å². The van der Waals surface area contributed by atoms with E-state index < -0.39 is 5.92 Å². The van der Waals surface area contributed by atoms with Gasteiger partial charge in [0.25, 0.3) is 0 Å². The van der Waals surface area contributed by atoms with Gasteiger partial charge in [0.15, 0.2) is 0 Å². The van der Waals surface area contributed by atoms with E-state index in [1.807, 2.05) is 44.2 Å². The minimum atomic E-state index is -0.456. The molecule has 2 aliphatic rings. The van der Waals surface area contributed by atoms with Gasteiger partial charge in [-0.3, -0.25) is 0 Å². The minimum Gasteiger partial charge on any atom is -0.463 e. The molecule has 0 saturated carbocycles. The molecule has 2 aliphatic heterocycles. The number of fused-ring (bicyclic) bond motifs is 1. The number of rotatable bonds is 4. The molecule has 4 nitrogen and oxygen atoms in total. The number of benzene rings is 2. The average Bonchev–Trinajstić information content (AvgIpc) is 2.78. The Morgan fingerprint density at radius 1 is 1.16 bits per heavy atom. The van der Waals surface area contributed by atoms with Crippen molar-refractivity contribution in [3.05, 3.63) is 93.8 Å². The van der Waals surface area contributed by atoms with Gasteiger partial charge < -0.3 is 10.1 Å². The molecule has 5 heteroatoms. The second kappa shape index (κ2) is 8.87. The number of nitrogens with one attached hydrogen (secondary N) is 1. The molecule has 0 aliphatic carbocycles. The number of nitriles is 1. The van der Waals surface area contributed by atoms with Gasteiger partial charge in [-0.25, -0.2) is 4.79 Å². The van der Waals surface area contributed by atoms with Crippen LogP contribution >= 0.6 is 11.8 Å². The zero-order valence-electron chi connectivity index (χ0n) is 17.9. The SMILES string of the molecule is CCOC(=O)C1=C(C)NC(C)=C(C#N)C1c1cccc2c1SC(c1ccccc1)=CC2. The highest BCUT2D eigenvalue weighted by Gasteiger charge is 2.36. The van der Waals surface area contributed by atoms with E-state index in [9.17, 15) is 10.1 Å². The monoisotopic (exact) mass is 428 g/mol. The van der Waals surface area contributed by atoms with Gasteiger partial charge in [-0.1, -0.05) is 66.4 Å². The summed E-state index contributed by atoms with van der Waals surface area (Å²) in [5, 5.41) is 13.2. The molecular weight excluding hydrogens is 404 g/mol. The van der Waals surface area contributed by atoms with E-state index in [4.69, 9.17) is 4.74 Å². The van der Waals surface area contributed by atoms with Crippen LogP contribution in [0.1, 0.15) is 43.4 Å². The fourth-order valence-corrected chi connectivity index (χ4v) is 5.41. The Bertz CT molecular complexity index is 1170. The summed E-state index contributed by atoms with van der Waals surface area (Å²) in [6, 6.07) is 18.8. The van der Waals surface area contributed by atoms with Gasteiger partial charge in [-0.15, -0.1) is 0 Å². The Morgan fingerprint density at radius 3 is 2.65 bits per heavy atom. The third kappa shape index (κ3) is 3.92. The molecule has 1 atom stereocenters. The zero-order valence-corrected chi connectivity index (χ0v) is 18.7. The molecule has 1 N–H and O–H groups in total. The zero-order chi connectivity index (χ0) is 22.0. The quantitative estimate of drug-likeness (QED) is 0.633. The molecule has 0 radical (unpaired) electrons. The molecule has 0 fully saturated rings. The molecule has 0 bridgehead atoms. The van der Waals surface area contributed by atoms with Gasteiger partial charge in [0.1, 0.15) is 0 Å². The molecule has 0 amide bonds. The first kappa shape index (κ1) is 21.0. The summed E-state index contributed by atoms with van der Waals surface area (Å²) in [6.07, 6.45) is 3.06. The van der Waals surface area contributed by atoms with Crippen molar-refractivity contribution in [2.45, 2.75) is 38.0 Å². The number of carbonyl (C=O) groups excluding carboxylic acids is 1. The molecule has 4 rings (SSSR count).